The van der Waals surface area contributed by atoms with Gasteiger partial charge in [-0.3, -0.25) is 0 Å². The molecule has 0 aliphatic heterocycles. The molecule has 0 unspecified atom stereocenters. The zero-order valence-electron chi connectivity index (χ0n) is 19.2. The van der Waals surface area contributed by atoms with Gasteiger partial charge in [0.25, 0.3) is 0 Å². The molecule has 0 aromatic heterocycles. The van der Waals surface area contributed by atoms with Crippen molar-refractivity contribution in [3.8, 4) is 0 Å². The number of hydrogen-bond donors (Lipinski definition) is 0. The van der Waals surface area contributed by atoms with E-state index in [2.05, 4.69) is 139 Å². The van der Waals surface area contributed by atoms with Crippen LogP contribution < -0.4 is 0 Å². The first-order chi connectivity index (χ1) is 14.1. The summed E-state index contributed by atoms with van der Waals surface area (Å²) >= 11 is 0. The molecule has 0 N–H and O–H groups in total. The van der Waals surface area contributed by atoms with Crippen molar-refractivity contribution in [2.45, 2.75) is 52.4 Å². The molecule has 0 heterocycles. The number of hydrogen-bond acceptors (Lipinski definition) is 0. The first kappa shape index (κ1) is 21.8. The average molecular weight is 395 g/mol. The summed E-state index contributed by atoms with van der Waals surface area (Å²) in [5.74, 6) is 0. The molecule has 3 aromatic rings. The van der Waals surface area contributed by atoms with Gasteiger partial charge < -0.3 is 0 Å². The number of benzene rings is 3. The fourth-order valence-corrected chi connectivity index (χ4v) is 3.29. The molecule has 0 spiro atoms. The van der Waals surface area contributed by atoms with Gasteiger partial charge in [0.05, 0.1) is 0 Å². The quantitative estimate of drug-likeness (QED) is 0.388. The highest BCUT2D eigenvalue weighted by atomic mass is 14.2. The van der Waals surface area contributed by atoms with Crippen LogP contribution in [0.25, 0.3) is 24.3 Å². The van der Waals surface area contributed by atoms with Crippen LogP contribution in [0.4, 0.5) is 0 Å². The zero-order valence-corrected chi connectivity index (χ0v) is 19.2. The molecular formula is C30H34. The van der Waals surface area contributed by atoms with E-state index in [9.17, 15) is 0 Å². The topological polar surface area (TPSA) is 0 Å². The Morgan fingerprint density at radius 1 is 0.367 bits per heavy atom. The normalized spacial score (nSPS) is 12.7. The first-order valence-corrected chi connectivity index (χ1v) is 10.8. The van der Waals surface area contributed by atoms with Crippen molar-refractivity contribution in [3.63, 3.8) is 0 Å². The largest absolute Gasteiger partial charge is 0.0579 e. The molecule has 154 valence electrons. The highest BCUT2D eigenvalue weighted by Crippen LogP contribution is 2.24. The minimum atomic E-state index is 0.195. The predicted octanol–water partition coefficient (Wildman–Crippen LogP) is 8.62. The van der Waals surface area contributed by atoms with Crippen molar-refractivity contribution >= 4 is 24.3 Å². The maximum Gasteiger partial charge on any atom is -0.0132 e. The highest BCUT2D eigenvalue weighted by molar-refractivity contribution is 5.73. The molecule has 0 atom stereocenters. The van der Waals surface area contributed by atoms with Crippen LogP contribution in [0.2, 0.25) is 0 Å². The average Bonchev–Trinajstić information content (AvgIpc) is 2.71. The summed E-state index contributed by atoms with van der Waals surface area (Å²) < 4.78 is 0. The Hall–Kier alpha value is -2.86. The van der Waals surface area contributed by atoms with E-state index < -0.39 is 0 Å². The fourth-order valence-electron chi connectivity index (χ4n) is 3.29. The summed E-state index contributed by atoms with van der Waals surface area (Å²) in [6.45, 7) is 13.5. The van der Waals surface area contributed by atoms with E-state index in [0.717, 1.165) is 0 Å². The summed E-state index contributed by atoms with van der Waals surface area (Å²) in [7, 11) is 0. The Kier molecular flexibility index (Phi) is 6.46. The van der Waals surface area contributed by atoms with Gasteiger partial charge in [-0.1, -0.05) is 139 Å². The van der Waals surface area contributed by atoms with E-state index in [1.165, 1.54) is 33.4 Å². The van der Waals surface area contributed by atoms with Gasteiger partial charge in [0, 0.05) is 0 Å². The molecule has 0 nitrogen and oxygen atoms in total. The van der Waals surface area contributed by atoms with Crippen LogP contribution in [-0.4, -0.2) is 0 Å². The monoisotopic (exact) mass is 394 g/mol. The first-order valence-electron chi connectivity index (χ1n) is 10.8. The van der Waals surface area contributed by atoms with E-state index in [0.29, 0.717) is 0 Å². The van der Waals surface area contributed by atoms with Crippen LogP contribution in [0.15, 0.2) is 72.8 Å². The third-order valence-corrected chi connectivity index (χ3v) is 5.43. The van der Waals surface area contributed by atoms with Crippen molar-refractivity contribution in [1.29, 1.82) is 0 Å². The van der Waals surface area contributed by atoms with Crippen LogP contribution >= 0.6 is 0 Å². The molecule has 0 amide bonds. The van der Waals surface area contributed by atoms with Gasteiger partial charge in [-0.25, -0.2) is 0 Å². The lowest BCUT2D eigenvalue weighted by atomic mass is 9.86. The SMILES string of the molecule is CC(C)(C)c1ccc(/C=C/c2ccc(/C=C/c3ccc(C(C)(C)C)cc3)cc2)cc1. The molecule has 0 aliphatic carbocycles. The molecule has 30 heavy (non-hydrogen) atoms. The molecule has 0 heteroatoms. The van der Waals surface area contributed by atoms with E-state index in [1.807, 2.05) is 0 Å². The molecular weight excluding hydrogens is 360 g/mol. The molecule has 0 fully saturated rings. The Balaban J connectivity index is 1.63. The van der Waals surface area contributed by atoms with Crippen molar-refractivity contribution in [2.24, 2.45) is 0 Å². The maximum atomic E-state index is 2.24. The maximum absolute atomic E-state index is 2.24. The summed E-state index contributed by atoms with van der Waals surface area (Å²) in [5.41, 5.74) is 7.99. The van der Waals surface area contributed by atoms with E-state index >= 15 is 0 Å². The van der Waals surface area contributed by atoms with Crippen molar-refractivity contribution in [1.82, 2.24) is 0 Å². The van der Waals surface area contributed by atoms with Gasteiger partial charge >= 0.3 is 0 Å². The Labute approximate surface area is 183 Å². The Morgan fingerprint density at radius 2 is 0.567 bits per heavy atom. The molecule has 0 bridgehead atoms. The zero-order chi connectivity index (χ0) is 21.8. The lowest BCUT2D eigenvalue weighted by Crippen LogP contribution is -2.10. The smallest absolute Gasteiger partial charge is 0.0132 e. The third kappa shape index (κ3) is 6.07. The van der Waals surface area contributed by atoms with Gasteiger partial charge in [0.15, 0.2) is 0 Å². The van der Waals surface area contributed by atoms with Crippen LogP contribution in [0.1, 0.15) is 74.9 Å². The molecule has 0 aliphatic rings. The minimum absolute atomic E-state index is 0.195. The van der Waals surface area contributed by atoms with Gasteiger partial charge in [-0.2, -0.15) is 0 Å². The second kappa shape index (κ2) is 8.88. The lowest BCUT2D eigenvalue weighted by Gasteiger charge is -2.18. The summed E-state index contributed by atoms with van der Waals surface area (Å²) in [6.07, 6.45) is 8.69. The highest BCUT2D eigenvalue weighted by Gasteiger charge is 2.13. The summed E-state index contributed by atoms with van der Waals surface area (Å²) in [6, 6.07) is 26.3. The molecule has 0 radical (unpaired) electrons. The van der Waals surface area contributed by atoms with E-state index in [-0.39, 0.29) is 10.8 Å². The van der Waals surface area contributed by atoms with Gasteiger partial charge in [0.1, 0.15) is 0 Å². The van der Waals surface area contributed by atoms with Crippen molar-refractivity contribution in [2.75, 3.05) is 0 Å². The summed E-state index contributed by atoms with van der Waals surface area (Å²) in [4.78, 5) is 0. The van der Waals surface area contributed by atoms with Crippen LogP contribution in [-0.2, 0) is 10.8 Å². The molecule has 0 saturated carbocycles. The van der Waals surface area contributed by atoms with Crippen LogP contribution in [0.5, 0.6) is 0 Å². The Bertz CT molecular complexity index is 911. The van der Waals surface area contributed by atoms with Crippen molar-refractivity contribution < 1.29 is 0 Å². The number of rotatable bonds is 4. The van der Waals surface area contributed by atoms with Gasteiger partial charge in [-0.15, -0.1) is 0 Å². The van der Waals surface area contributed by atoms with Crippen molar-refractivity contribution in [3.05, 3.63) is 106 Å². The molecule has 3 aromatic carbocycles. The predicted molar refractivity (Wildman–Crippen MR) is 135 cm³/mol. The van der Waals surface area contributed by atoms with Crippen LogP contribution in [0, 0.1) is 0 Å². The molecule has 3 rings (SSSR count). The van der Waals surface area contributed by atoms with Crippen LogP contribution in [0.3, 0.4) is 0 Å². The molecule has 0 saturated heterocycles. The Morgan fingerprint density at radius 3 is 0.767 bits per heavy atom. The van der Waals surface area contributed by atoms with Gasteiger partial charge in [-0.05, 0) is 44.2 Å². The second-order valence-corrected chi connectivity index (χ2v) is 10.1. The van der Waals surface area contributed by atoms with E-state index in [4.69, 9.17) is 0 Å². The minimum Gasteiger partial charge on any atom is -0.0579 e. The summed E-state index contributed by atoms with van der Waals surface area (Å²) in [5, 5.41) is 0. The standard InChI is InChI=1S/C30H34/c1-29(2,3)27-19-15-25(16-20-27)13-11-23-7-9-24(10-8-23)12-14-26-17-21-28(22-18-26)30(4,5)6/h7-22H,1-6H3/b13-11+,14-12+. The fraction of sp³-hybridized carbons (Fsp3) is 0.267. The third-order valence-electron chi connectivity index (χ3n) is 5.43. The lowest BCUT2D eigenvalue weighted by molar-refractivity contribution is 0.590. The second-order valence-electron chi connectivity index (χ2n) is 10.1. The van der Waals surface area contributed by atoms with E-state index in [1.54, 1.807) is 0 Å². The van der Waals surface area contributed by atoms with Gasteiger partial charge in [0.2, 0.25) is 0 Å².